The lowest BCUT2D eigenvalue weighted by molar-refractivity contribution is 0.674. The van der Waals surface area contributed by atoms with E-state index >= 15 is 0 Å². The minimum atomic E-state index is -0.329. The zero-order valence-corrected chi connectivity index (χ0v) is 36.5. The Kier molecular flexibility index (Phi) is 10.2. The molecular formula is C62H43N5. The van der Waals surface area contributed by atoms with Crippen molar-refractivity contribution in [1.82, 2.24) is 14.9 Å². The van der Waals surface area contributed by atoms with Gasteiger partial charge in [0.25, 0.3) is 0 Å². The zero-order chi connectivity index (χ0) is 44.5. The maximum absolute atomic E-state index is 5.33. The fourth-order valence-electron chi connectivity index (χ4n) is 9.39. The molecule has 0 saturated carbocycles. The Balaban J connectivity index is 0.872. The average Bonchev–Trinajstić information content (AvgIpc) is 3.81. The number of nitrogens with zero attached hydrogens (tertiary/aromatic N) is 4. The predicted octanol–water partition coefficient (Wildman–Crippen LogP) is 15.0. The van der Waals surface area contributed by atoms with Crippen LogP contribution in [0.4, 0.5) is 0 Å². The molecule has 1 aliphatic rings. The number of amidine groups is 2. The van der Waals surface area contributed by atoms with Gasteiger partial charge in [-0.3, -0.25) is 4.57 Å². The van der Waals surface area contributed by atoms with Crippen LogP contribution in [0.2, 0.25) is 0 Å². The van der Waals surface area contributed by atoms with E-state index in [1.165, 1.54) is 27.5 Å². The molecule has 0 amide bonds. The first-order valence-electron chi connectivity index (χ1n) is 22.7. The smallest absolute Gasteiger partial charge is 0.160 e. The molecule has 67 heavy (non-hydrogen) atoms. The molecule has 1 aromatic heterocycles. The summed E-state index contributed by atoms with van der Waals surface area (Å²) in [7, 11) is 0. The molecule has 12 rings (SSSR count). The number of imidazole rings is 1. The van der Waals surface area contributed by atoms with Gasteiger partial charge in [0.05, 0.1) is 11.0 Å². The van der Waals surface area contributed by atoms with Crippen molar-refractivity contribution < 1.29 is 0 Å². The fraction of sp³-hybridized carbons (Fsp3) is 0.0161. The molecule has 5 heteroatoms. The van der Waals surface area contributed by atoms with E-state index in [1.807, 2.05) is 36.4 Å². The minimum Gasteiger partial charge on any atom is -0.344 e. The van der Waals surface area contributed by atoms with Crippen LogP contribution in [0.3, 0.4) is 0 Å². The highest BCUT2D eigenvalue weighted by atomic mass is 15.2. The summed E-state index contributed by atoms with van der Waals surface area (Å²) in [4.78, 5) is 15.6. The van der Waals surface area contributed by atoms with Gasteiger partial charge in [0.15, 0.2) is 5.84 Å². The number of rotatable bonds is 9. The topological polar surface area (TPSA) is 54.6 Å². The van der Waals surface area contributed by atoms with Crippen molar-refractivity contribution in [3.63, 3.8) is 0 Å². The second kappa shape index (κ2) is 17.2. The standard InChI is InChI=1S/C62H43N5/c1-4-16-42(17-5-1)43-32-36-48(37-33-43)60-64-59(47-18-6-2-7-19-47)65-61(66-60)56-23-11-10-22-55(56)54-27-15-25-52-51(24-14-26-53(52)54)46-34-30-44(31-35-46)45-38-40-50(41-39-45)67-58-29-13-12-28-57(58)63-62(67)49-20-8-3-9-21-49/h1-41,60H,(H,64,65,66). The lowest BCUT2D eigenvalue weighted by Gasteiger charge is -2.25. The SMILES string of the molecule is c1ccc(C2=NC(c3ccccc3-c3cccc4c(-c5ccc(-c6ccc(-n7c(-c8ccccc8)nc8ccccc87)cc6)cc5)cccc34)=NC(c3ccc(-c4ccccc4)cc3)N2)cc1. The first kappa shape index (κ1) is 39.6. The van der Waals surface area contributed by atoms with Crippen molar-refractivity contribution in [2.24, 2.45) is 9.98 Å². The number of nitrogens with one attached hydrogen (secondary N) is 1. The van der Waals surface area contributed by atoms with E-state index in [2.05, 4.69) is 222 Å². The van der Waals surface area contributed by atoms with Gasteiger partial charge in [0.2, 0.25) is 0 Å². The third kappa shape index (κ3) is 7.58. The predicted molar refractivity (Wildman–Crippen MR) is 278 cm³/mol. The van der Waals surface area contributed by atoms with Gasteiger partial charge in [-0.2, -0.15) is 0 Å². The number of aromatic nitrogens is 2. The fourth-order valence-corrected chi connectivity index (χ4v) is 9.39. The number of fused-ring (bicyclic) bond motifs is 2. The van der Waals surface area contributed by atoms with Crippen LogP contribution in [-0.2, 0) is 0 Å². The number of para-hydroxylation sites is 2. The first-order chi connectivity index (χ1) is 33.2. The number of aliphatic imine (C=N–C) groups is 2. The Morgan fingerprint density at radius 3 is 1.54 bits per heavy atom. The molecule has 0 fully saturated rings. The van der Waals surface area contributed by atoms with Crippen molar-refractivity contribution in [1.29, 1.82) is 0 Å². The number of benzene rings is 10. The molecule has 0 aliphatic carbocycles. The highest BCUT2D eigenvalue weighted by Gasteiger charge is 2.24. The summed E-state index contributed by atoms with van der Waals surface area (Å²) in [6, 6.07) is 87.7. The van der Waals surface area contributed by atoms with E-state index in [0.717, 1.165) is 78.5 Å². The lowest BCUT2D eigenvalue weighted by atomic mass is 9.90. The highest BCUT2D eigenvalue weighted by molar-refractivity contribution is 6.16. The molecule has 1 N–H and O–H groups in total. The molecule has 0 radical (unpaired) electrons. The minimum absolute atomic E-state index is 0.329. The summed E-state index contributed by atoms with van der Waals surface area (Å²) in [5.74, 6) is 2.42. The molecule has 5 nitrogen and oxygen atoms in total. The maximum atomic E-state index is 5.33. The highest BCUT2D eigenvalue weighted by Crippen LogP contribution is 2.38. The van der Waals surface area contributed by atoms with Gasteiger partial charge >= 0.3 is 0 Å². The molecule has 2 heterocycles. The Bertz CT molecular complexity index is 3610. The average molecular weight is 858 g/mol. The normalized spacial score (nSPS) is 13.5. The van der Waals surface area contributed by atoms with E-state index in [-0.39, 0.29) is 6.17 Å². The zero-order valence-electron chi connectivity index (χ0n) is 36.5. The molecule has 0 bridgehead atoms. The van der Waals surface area contributed by atoms with Gasteiger partial charge < -0.3 is 5.32 Å². The molecular weight excluding hydrogens is 815 g/mol. The molecule has 1 atom stereocenters. The van der Waals surface area contributed by atoms with Crippen LogP contribution < -0.4 is 5.32 Å². The van der Waals surface area contributed by atoms with Crippen molar-refractivity contribution in [2.75, 3.05) is 0 Å². The first-order valence-corrected chi connectivity index (χ1v) is 22.7. The third-order valence-corrected chi connectivity index (χ3v) is 12.8. The van der Waals surface area contributed by atoms with Crippen LogP contribution >= 0.6 is 0 Å². The van der Waals surface area contributed by atoms with Gasteiger partial charge in [-0.05, 0) is 85.1 Å². The van der Waals surface area contributed by atoms with Crippen LogP contribution in [0.1, 0.15) is 22.9 Å². The van der Waals surface area contributed by atoms with Crippen LogP contribution in [0.15, 0.2) is 259 Å². The van der Waals surface area contributed by atoms with E-state index in [0.29, 0.717) is 5.84 Å². The van der Waals surface area contributed by atoms with E-state index in [4.69, 9.17) is 15.0 Å². The van der Waals surface area contributed by atoms with Gasteiger partial charge in [0, 0.05) is 22.4 Å². The molecule has 10 aromatic carbocycles. The summed E-state index contributed by atoms with van der Waals surface area (Å²) in [5, 5.41) is 6.01. The summed E-state index contributed by atoms with van der Waals surface area (Å²) in [5.41, 5.74) is 16.5. The number of hydrogen-bond acceptors (Lipinski definition) is 4. The van der Waals surface area contributed by atoms with E-state index < -0.39 is 0 Å². The van der Waals surface area contributed by atoms with Crippen molar-refractivity contribution in [2.45, 2.75) is 6.17 Å². The molecule has 11 aromatic rings. The Labute approximate surface area is 389 Å². The van der Waals surface area contributed by atoms with Crippen LogP contribution in [0.5, 0.6) is 0 Å². The Hall–Kier alpha value is -8.93. The molecule has 0 saturated heterocycles. The maximum Gasteiger partial charge on any atom is 0.160 e. The van der Waals surface area contributed by atoms with E-state index in [9.17, 15) is 0 Å². The lowest BCUT2D eigenvalue weighted by Crippen LogP contribution is -2.33. The summed E-state index contributed by atoms with van der Waals surface area (Å²) in [6.45, 7) is 0. The summed E-state index contributed by atoms with van der Waals surface area (Å²) < 4.78 is 2.25. The van der Waals surface area contributed by atoms with Crippen LogP contribution in [-0.4, -0.2) is 21.2 Å². The largest absolute Gasteiger partial charge is 0.344 e. The van der Waals surface area contributed by atoms with Crippen LogP contribution in [0.25, 0.3) is 83.4 Å². The van der Waals surface area contributed by atoms with E-state index in [1.54, 1.807) is 0 Å². The number of hydrogen-bond donors (Lipinski definition) is 1. The monoisotopic (exact) mass is 857 g/mol. The third-order valence-electron chi connectivity index (χ3n) is 12.8. The molecule has 1 aliphatic heterocycles. The summed E-state index contributed by atoms with van der Waals surface area (Å²) >= 11 is 0. The Morgan fingerprint density at radius 2 is 0.851 bits per heavy atom. The van der Waals surface area contributed by atoms with Crippen LogP contribution in [0, 0.1) is 0 Å². The molecule has 0 spiro atoms. The summed E-state index contributed by atoms with van der Waals surface area (Å²) in [6.07, 6.45) is -0.329. The van der Waals surface area contributed by atoms with Gasteiger partial charge in [-0.1, -0.05) is 224 Å². The van der Waals surface area contributed by atoms with Crippen molar-refractivity contribution in [3.05, 3.63) is 265 Å². The van der Waals surface area contributed by atoms with Gasteiger partial charge in [0.1, 0.15) is 17.8 Å². The Morgan fingerprint density at radius 1 is 0.358 bits per heavy atom. The van der Waals surface area contributed by atoms with Crippen molar-refractivity contribution in [3.8, 4) is 61.6 Å². The van der Waals surface area contributed by atoms with Gasteiger partial charge in [-0.15, -0.1) is 0 Å². The quantitative estimate of drug-likeness (QED) is 0.157. The molecule has 1 unspecified atom stereocenters. The second-order valence-electron chi connectivity index (χ2n) is 16.8. The van der Waals surface area contributed by atoms with Gasteiger partial charge in [-0.25, -0.2) is 15.0 Å². The van der Waals surface area contributed by atoms with Crippen molar-refractivity contribution >= 4 is 33.5 Å². The molecule has 316 valence electrons. The second-order valence-corrected chi connectivity index (χ2v) is 16.8.